The molecule has 0 unspecified atom stereocenters. The third-order valence-corrected chi connectivity index (χ3v) is 6.00. The predicted octanol–water partition coefficient (Wildman–Crippen LogP) is 3.81. The molecule has 3 aromatic rings. The molecule has 0 spiro atoms. The normalized spacial score (nSPS) is 11.6. The van der Waals surface area contributed by atoms with Crippen molar-refractivity contribution in [2.45, 2.75) is 10.8 Å². The van der Waals surface area contributed by atoms with Crippen molar-refractivity contribution in [2.75, 3.05) is 0 Å². The molecule has 25 heavy (non-hydrogen) atoms. The van der Waals surface area contributed by atoms with Gasteiger partial charge in [0, 0.05) is 22.0 Å². The second kappa shape index (κ2) is 6.63. The van der Waals surface area contributed by atoms with Crippen LogP contribution in [-0.4, -0.2) is 19.6 Å². The number of benzene rings is 2. The van der Waals surface area contributed by atoms with E-state index in [1.165, 1.54) is 18.2 Å². The second-order valence-electron chi connectivity index (χ2n) is 5.39. The van der Waals surface area contributed by atoms with E-state index >= 15 is 0 Å². The van der Waals surface area contributed by atoms with E-state index in [9.17, 15) is 13.2 Å². The lowest BCUT2D eigenvalue weighted by molar-refractivity contribution is 0.592. The Balaban J connectivity index is 2.24. The lowest BCUT2D eigenvalue weighted by Crippen LogP contribution is -2.16. The molecule has 0 saturated heterocycles. The van der Waals surface area contributed by atoms with Crippen LogP contribution in [0.25, 0.3) is 10.8 Å². The van der Waals surface area contributed by atoms with Gasteiger partial charge in [0.1, 0.15) is 10.0 Å². The molecule has 2 aromatic carbocycles. The molecule has 0 atom stereocenters. The van der Waals surface area contributed by atoms with Gasteiger partial charge in [-0.25, -0.2) is 8.42 Å². The van der Waals surface area contributed by atoms with E-state index in [1.807, 2.05) is 0 Å². The average molecular weight is 395 g/mol. The van der Waals surface area contributed by atoms with Crippen LogP contribution in [0.5, 0.6) is 0 Å². The fraction of sp³-hybridized carbons (Fsp3) is 0.0588. The van der Waals surface area contributed by atoms with Gasteiger partial charge in [-0.3, -0.25) is 4.79 Å². The van der Waals surface area contributed by atoms with Gasteiger partial charge in [-0.05, 0) is 23.3 Å². The second-order valence-corrected chi connectivity index (χ2v) is 8.13. The number of hydrogen-bond acceptors (Lipinski definition) is 4. The van der Waals surface area contributed by atoms with E-state index in [4.69, 9.17) is 28.6 Å². The molecule has 0 saturated carbocycles. The molecule has 0 aliphatic rings. The molecule has 1 heterocycles. The van der Waals surface area contributed by atoms with Crippen molar-refractivity contribution in [3.8, 4) is 0 Å². The monoisotopic (exact) mass is 394 g/mol. The molecule has 0 radical (unpaired) electrons. The molecule has 1 aromatic heterocycles. The predicted molar refractivity (Wildman–Crippen MR) is 99.8 cm³/mol. The molecule has 0 bridgehead atoms. The number of aromatic amines is 1. The van der Waals surface area contributed by atoms with Gasteiger partial charge in [-0.15, -0.1) is 0 Å². The van der Waals surface area contributed by atoms with Gasteiger partial charge in [-0.2, -0.15) is 0 Å². The summed E-state index contributed by atoms with van der Waals surface area (Å²) in [7, 11) is -3.90. The largest absolute Gasteiger partial charge is 0.311 e. The summed E-state index contributed by atoms with van der Waals surface area (Å²) in [4.78, 5) is 14.4. The first-order valence-corrected chi connectivity index (χ1v) is 9.56. The standard InChI is InChI=1S/C17H12Cl2N2O3S/c18-12-5-6-13-14(7-12)17(21-16(22)15(13)19)25(23,24)9-11-4-2-1-3-10(11)8-20/h1-8,20H,9H2,(H,21,22). The number of halogens is 2. The third kappa shape index (κ3) is 3.33. The summed E-state index contributed by atoms with van der Waals surface area (Å²) in [6, 6.07) is 11.2. The zero-order valence-corrected chi connectivity index (χ0v) is 15.0. The van der Waals surface area contributed by atoms with Crippen molar-refractivity contribution in [2.24, 2.45) is 0 Å². The minimum atomic E-state index is -3.90. The summed E-state index contributed by atoms with van der Waals surface area (Å²) < 4.78 is 25.9. The molecule has 2 N–H and O–H groups in total. The van der Waals surface area contributed by atoms with Crippen LogP contribution < -0.4 is 5.56 Å². The van der Waals surface area contributed by atoms with E-state index in [1.54, 1.807) is 24.3 Å². The first kappa shape index (κ1) is 17.7. The number of pyridine rings is 1. The fourth-order valence-electron chi connectivity index (χ4n) is 2.57. The average Bonchev–Trinajstić information content (AvgIpc) is 2.58. The Hall–Kier alpha value is -2.15. The van der Waals surface area contributed by atoms with Crippen LogP contribution in [-0.2, 0) is 15.6 Å². The third-order valence-electron chi connectivity index (χ3n) is 3.76. The van der Waals surface area contributed by atoms with Crippen molar-refractivity contribution in [3.63, 3.8) is 0 Å². The van der Waals surface area contributed by atoms with Crippen molar-refractivity contribution in [1.82, 2.24) is 4.98 Å². The Kier molecular flexibility index (Phi) is 4.69. The number of hydrogen-bond donors (Lipinski definition) is 2. The van der Waals surface area contributed by atoms with Crippen LogP contribution in [0.4, 0.5) is 0 Å². The number of H-pyrrole nitrogens is 1. The fourth-order valence-corrected chi connectivity index (χ4v) is 4.52. The molecule has 0 aliphatic carbocycles. The Morgan fingerprint density at radius 2 is 1.80 bits per heavy atom. The molecular weight excluding hydrogens is 383 g/mol. The number of nitrogens with one attached hydrogen (secondary N) is 2. The summed E-state index contributed by atoms with van der Waals surface area (Å²) in [5.74, 6) is -0.363. The van der Waals surface area contributed by atoms with E-state index in [0.717, 1.165) is 6.21 Å². The summed E-state index contributed by atoms with van der Waals surface area (Å²) in [6.45, 7) is 0. The number of aromatic nitrogens is 1. The smallest absolute Gasteiger partial charge is 0.268 e. The van der Waals surface area contributed by atoms with E-state index in [2.05, 4.69) is 4.98 Å². The Bertz CT molecular complexity index is 1150. The van der Waals surface area contributed by atoms with Gasteiger partial charge in [-0.1, -0.05) is 53.5 Å². The van der Waals surface area contributed by atoms with Crippen molar-refractivity contribution >= 4 is 50.0 Å². The zero-order chi connectivity index (χ0) is 18.2. The molecule has 5 nitrogen and oxygen atoms in total. The Labute approximate surface area is 153 Å². The van der Waals surface area contributed by atoms with E-state index < -0.39 is 15.4 Å². The van der Waals surface area contributed by atoms with Gasteiger partial charge in [0.25, 0.3) is 5.56 Å². The lowest BCUT2D eigenvalue weighted by Gasteiger charge is -2.11. The van der Waals surface area contributed by atoms with Crippen molar-refractivity contribution < 1.29 is 8.42 Å². The number of sulfone groups is 1. The van der Waals surface area contributed by atoms with Crippen LogP contribution in [0, 0.1) is 5.41 Å². The molecular formula is C17H12Cl2N2O3S. The van der Waals surface area contributed by atoms with Crippen LogP contribution >= 0.6 is 23.2 Å². The van der Waals surface area contributed by atoms with Gasteiger partial charge in [0.2, 0.25) is 0 Å². The summed E-state index contributed by atoms with van der Waals surface area (Å²) in [6.07, 6.45) is 1.09. The lowest BCUT2D eigenvalue weighted by atomic mass is 10.1. The summed E-state index contributed by atoms with van der Waals surface area (Å²) >= 11 is 12.0. The molecule has 128 valence electrons. The zero-order valence-electron chi connectivity index (χ0n) is 12.7. The number of fused-ring (bicyclic) bond motifs is 1. The van der Waals surface area contributed by atoms with Crippen LogP contribution in [0.15, 0.2) is 52.3 Å². The minimum absolute atomic E-state index is 0.0921. The highest BCUT2D eigenvalue weighted by Crippen LogP contribution is 2.29. The van der Waals surface area contributed by atoms with Crippen molar-refractivity contribution in [3.05, 3.63) is 74.0 Å². The summed E-state index contributed by atoms with van der Waals surface area (Å²) in [5.41, 5.74) is 0.267. The van der Waals surface area contributed by atoms with Crippen LogP contribution in [0.2, 0.25) is 10.0 Å². The topological polar surface area (TPSA) is 90.8 Å². The first-order chi connectivity index (χ1) is 11.8. The highest BCUT2D eigenvalue weighted by Gasteiger charge is 2.23. The van der Waals surface area contributed by atoms with Crippen molar-refractivity contribution in [1.29, 1.82) is 5.41 Å². The maximum atomic E-state index is 12.9. The Morgan fingerprint density at radius 3 is 2.52 bits per heavy atom. The SMILES string of the molecule is N=Cc1ccccc1CS(=O)(=O)c1[nH]c(=O)c(Cl)c2ccc(Cl)cc12. The maximum Gasteiger partial charge on any atom is 0.268 e. The first-order valence-electron chi connectivity index (χ1n) is 7.15. The van der Waals surface area contributed by atoms with E-state index in [0.29, 0.717) is 21.5 Å². The summed E-state index contributed by atoms with van der Waals surface area (Å²) in [5, 5.41) is 7.97. The van der Waals surface area contributed by atoms with Gasteiger partial charge >= 0.3 is 0 Å². The highest BCUT2D eigenvalue weighted by molar-refractivity contribution is 7.90. The highest BCUT2D eigenvalue weighted by atomic mass is 35.5. The molecule has 0 fully saturated rings. The van der Waals surface area contributed by atoms with Gasteiger partial charge in [0.05, 0.1) is 5.75 Å². The van der Waals surface area contributed by atoms with Gasteiger partial charge in [0.15, 0.2) is 9.84 Å². The van der Waals surface area contributed by atoms with E-state index in [-0.39, 0.29) is 21.2 Å². The Morgan fingerprint density at radius 1 is 1.08 bits per heavy atom. The maximum absolute atomic E-state index is 12.9. The molecule has 3 rings (SSSR count). The number of rotatable bonds is 4. The molecule has 0 amide bonds. The van der Waals surface area contributed by atoms with Crippen LogP contribution in [0.3, 0.4) is 0 Å². The molecule has 8 heteroatoms. The quantitative estimate of drug-likeness (QED) is 0.659. The van der Waals surface area contributed by atoms with Gasteiger partial charge < -0.3 is 10.4 Å². The minimum Gasteiger partial charge on any atom is -0.311 e. The van der Waals surface area contributed by atoms with Crippen LogP contribution in [0.1, 0.15) is 11.1 Å². The molecule has 0 aliphatic heterocycles.